The fraction of sp³-hybridized carbons (Fsp3) is 0.619. The number of amides is 2. The summed E-state index contributed by atoms with van der Waals surface area (Å²) in [6.45, 7) is 5.52. The number of rotatable bonds is 7. The van der Waals surface area contributed by atoms with Crippen molar-refractivity contribution in [2.24, 2.45) is 11.7 Å². The molecule has 8 nitrogen and oxygen atoms in total. The third kappa shape index (κ3) is 5.83. The number of aliphatic hydroxyl groups is 1. The molecule has 0 saturated carbocycles. The molecular formula is C21H31N3O5. The second kappa shape index (κ2) is 9.93. The Bertz CT molecular complexity index is 739. The van der Waals surface area contributed by atoms with E-state index in [1.807, 2.05) is 13.0 Å². The Balaban J connectivity index is 1.54. The number of likely N-dealkylation sites (tertiary alicyclic amines) is 1. The van der Waals surface area contributed by atoms with Crippen molar-refractivity contribution < 1.29 is 24.2 Å². The highest BCUT2D eigenvalue weighted by molar-refractivity contribution is 5.98. The fourth-order valence-corrected chi connectivity index (χ4v) is 3.86. The Morgan fingerprint density at radius 3 is 2.86 bits per heavy atom. The molecule has 160 valence electrons. The van der Waals surface area contributed by atoms with Crippen LogP contribution in [0.1, 0.15) is 41.6 Å². The summed E-state index contributed by atoms with van der Waals surface area (Å²) in [6.07, 6.45) is 2.09. The third-order valence-electron chi connectivity index (χ3n) is 5.46. The maximum Gasteiger partial charge on any atom is 0.255 e. The third-order valence-corrected chi connectivity index (χ3v) is 5.46. The normalized spacial score (nSPS) is 22.0. The number of β-amino-alcohol motifs (C(OH)–C–C–N with tert-alkyl or cyclic N) is 1. The number of piperidine rings is 1. The molecule has 4 N–H and O–H groups in total. The van der Waals surface area contributed by atoms with E-state index in [0.717, 1.165) is 31.5 Å². The number of nitrogens with one attached hydrogen (secondary N) is 1. The van der Waals surface area contributed by atoms with Gasteiger partial charge in [-0.2, -0.15) is 0 Å². The first-order valence-corrected chi connectivity index (χ1v) is 10.3. The number of nitrogens with zero attached hydrogens (tertiary/aromatic N) is 1. The molecule has 1 saturated heterocycles. The molecule has 29 heavy (non-hydrogen) atoms. The molecule has 2 unspecified atom stereocenters. The molecule has 0 aromatic heterocycles. The summed E-state index contributed by atoms with van der Waals surface area (Å²) in [4.78, 5) is 25.8. The minimum atomic E-state index is -0.521. The number of carbonyl (C=O) groups is 2. The highest BCUT2D eigenvalue weighted by atomic mass is 16.5. The lowest BCUT2D eigenvalue weighted by molar-refractivity contribution is -0.118. The van der Waals surface area contributed by atoms with Gasteiger partial charge in [0.25, 0.3) is 5.91 Å². The SMILES string of the molecule is Cc1cc2c(c(C(=O)NCC3CCN(CCCC(N)=O)CC3O)c1)OCCCO2. The summed E-state index contributed by atoms with van der Waals surface area (Å²) in [5, 5.41) is 13.4. The Kier molecular flexibility index (Phi) is 7.33. The topological polar surface area (TPSA) is 114 Å². The van der Waals surface area contributed by atoms with Gasteiger partial charge in [0, 0.05) is 31.8 Å². The number of fused-ring (bicyclic) bond motifs is 1. The number of benzene rings is 1. The van der Waals surface area contributed by atoms with Gasteiger partial charge in [0.1, 0.15) is 0 Å². The number of aryl methyl sites for hydroxylation is 1. The van der Waals surface area contributed by atoms with Crippen LogP contribution in [0.3, 0.4) is 0 Å². The number of hydrogen-bond donors (Lipinski definition) is 3. The predicted molar refractivity (Wildman–Crippen MR) is 108 cm³/mol. The number of carbonyl (C=O) groups excluding carboxylic acids is 2. The zero-order valence-corrected chi connectivity index (χ0v) is 17.0. The molecule has 2 aliphatic rings. The molecule has 2 amide bonds. The largest absolute Gasteiger partial charge is 0.490 e. The number of aliphatic hydroxyl groups excluding tert-OH is 1. The standard InChI is InChI=1S/C21H31N3O5/c1-14-10-16(20-18(11-14)28-8-3-9-29-20)21(27)23-12-15-5-7-24(13-17(15)25)6-2-4-19(22)26/h10-11,15,17,25H,2-9,12-13H2,1H3,(H2,22,26)(H,23,27). The van der Waals surface area contributed by atoms with E-state index in [1.54, 1.807) is 6.07 Å². The van der Waals surface area contributed by atoms with Crippen molar-refractivity contribution in [3.8, 4) is 11.5 Å². The lowest BCUT2D eigenvalue weighted by Crippen LogP contribution is -2.47. The molecule has 3 rings (SSSR count). The summed E-state index contributed by atoms with van der Waals surface area (Å²) in [5.74, 6) is 0.581. The zero-order valence-electron chi connectivity index (χ0n) is 17.0. The van der Waals surface area contributed by atoms with E-state index in [-0.39, 0.29) is 17.7 Å². The van der Waals surface area contributed by atoms with Crippen molar-refractivity contribution in [2.75, 3.05) is 39.4 Å². The molecule has 0 radical (unpaired) electrons. The van der Waals surface area contributed by atoms with Crippen LogP contribution in [-0.2, 0) is 4.79 Å². The van der Waals surface area contributed by atoms with E-state index in [1.165, 1.54) is 0 Å². The first kappa shape index (κ1) is 21.4. The van der Waals surface area contributed by atoms with E-state index in [4.69, 9.17) is 15.2 Å². The van der Waals surface area contributed by atoms with E-state index < -0.39 is 6.10 Å². The van der Waals surface area contributed by atoms with Crippen LogP contribution in [0.4, 0.5) is 0 Å². The van der Waals surface area contributed by atoms with E-state index in [2.05, 4.69) is 10.2 Å². The molecular weight excluding hydrogens is 374 g/mol. The highest BCUT2D eigenvalue weighted by Crippen LogP contribution is 2.34. The molecule has 2 atom stereocenters. The van der Waals surface area contributed by atoms with Crippen LogP contribution in [0.5, 0.6) is 11.5 Å². The van der Waals surface area contributed by atoms with Crippen LogP contribution < -0.4 is 20.5 Å². The van der Waals surface area contributed by atoms with Crippen LogP contribution in [0.2, 0.25) is 0 Å². The van der Waals surface area contributed by atoms with Gasteiger partial charge in [-0.15, -0.1) is 0 Å². The summed E-state index contributed by atoms with van der Waals surface area (Å²) in [7, 11) is 0. The molecule has 2 heterocycles. The lowest BCUT2D eigenvalue weighted by Gasteiger charge is -2.36. The van der Waals surface area contributed by atoms with Crippen LogP contribution >= 0.6 is 0 Å². The smallest absolute Gasteiger partial charge is 0.255 e. The molecule has 8 heteroatoms. The Labute approximate surface area is 171 Å². The van der Waals surface area contributed by atoms with Gasteiger partial charge < -0.3 is 30.5 Å². The second-order valence-corrected chi connectivity index (χ2v) is 7.89. The summed E-state index contributed by atoms with van der Waals surface area (Å²) >= 11 is 0. The molecule has 1 aromatic carbocycles. The number of primary amides is 1. The van der Waals surface area contributed by atoms with Gasteiger partial charge in [-0.3, -0.25) is 9.59 Å². The van der Waals surface area contributed by atoms with Gasteiger partial charge in [0.15, 0.2) is 11.5 Å². The molecule has 0 aliphatic carbocycles. The highest BCUT2D eigenvalue weighted by Gasteiger charge is 2.28. The van der Waals surface area contributed by atoms with Crippen molar-refractivity contribution in [3.63, 3.8) is 0 Å². The van der Waals surface area contributed by atoms with Gasteiger partial charge in [-0.25, -0.2) is 0 Å². The number of nitrogens with two attached hydrogens (primary N) is 1. The average molecular weight is 405 g/mol. The zero-order chi connectivity index (χ0) is 20.8. The van der Waals surface area contributed by atoms with Crippen molar-refractivity contribution in [2.45, 2.75) is 38.7 Å². The quantitative estimate of drug-likeness (QED) is 0.619. The minimum Gasteiger partial charge on any atom is -0.490 e. The Hall–Kier alpha value is -2.32. The number of ether oxygens (including phenoxy) is 2. The van der Waals surface area contributed by atoms with Gasteiger partial charge in [-0.1, -0.05) is 0 Å². The number of hydrogen-bond acceptors (Lipinski definition) is 6. The molecule has 2 aliphatic heterocycles. The van der Waals surface area contributed by atoms with Crippen LogP contribution in [0, 0.1) is 12.8 Å². The van der Waals surface area contributed by atoms with E-state index in [0.29, 0.717) is 56.2 Å². The van der Waals surface area contributed by atoms with Crippen molar-refractivity contribution in [3.05, 3.63) is 23.3 Å². The summed E-state index contributed by atoms with van der Waals surface area (Å²) < 4.78 is 11.5. The van der Waals surface area contributed by atoms with Crippen molar-refractivity contribution >= 4 is 11.8 Å². The van der Waals surface area contributed by atoms with Crippen LogP contribution in [-0.4, -0.2) is 67.3 Å². The van der Waals surface area contributed by atoms with Gasteiger partial charge in [0.2, 0.25) is 5.91 Å². The van der Waals surface area contributed by atoms with Gasteiger partial charge in [-0.05, 0) is 50.6 Å². The lowest BCUT2D eigenvalue weighted by atomic mass is 9.93. The van der Waals surface area contributed by atoms with E-state index >= 15 is 0 Å². The fourth-order valence-electron chi connectivity index (χ4n) is 3.86. The van der Waals surface area contributed by atoms with Crippen molar-refractivity contribution in [1.82, 2.24) is 10.2 Å². The Morgan fingerprint density at radius 1 is 1.31 bits per heavy atom. The minimum absolute atomic E-state index is 0.00748. The first-order valence-electron chi connectivity index (χ1n) is 10.3. The van der Waals surface area contributed by atoms with E-state index in [9.17, 15) is 14.7 Å². The maximum atomic E-state index is 12.8. The maximum absolute atomic E-state index is 12.8. The molecule has 1 aromatic rings. The van der Waals surface area contributed by atoms with Crippen LogP contribution in [0.25, 0.3) is 0 Å². The summed E-state index contributed by atoms with van der Waals surface area (Å²) in [5.41, 5.74) is 6.58. The van der Waals surface area contributed by atoms with Gasteiger partial charge >= 0.3 is 0 Å². The van der Waals surface area contributed by atoms with Crippen LogP contribution in [0.15, 0.2) is 12.1 Å². The molecule has 0 bridgehead atoms. The summed E-state index contributed by atoms with van der Waals surface area (Å²) in [6, 6.07) is 3.69. The molecule has 1 fully saturated rings. The second-order valence-electron chi connectivity index (χ2n) is 7.89. The first-order chi connectivity index (χ1) is 13.9. The Morgan fingerprint density at radius 2 is 2.10 bits per heavy atom. The predicted octanol–water partition coefficient (Wildman–Crippen LogP) is 0.834. The van der Waals surface area contributed by atoms with Gasteiger partial charge in [0.05, 0.1) is 24.9 Å². The molecule has 0 spiro atoms. The average Bonchev–Trinajstić information content (AvgIpc) is 2.91. The monoisotopic (exact) mass is 405 g/mol. The van der Waals surface area contributed by atoms with Crippen molar-refractivity contribution in [1.29, 1.82) is 0 Å².